The van der Waals surface area contributed by atoms with Gasteiger partial charge in [-0.1, -0.05) is 6.92 Å². The third kappa shape index (κ3) is 2.61. The van der Waals surface area contributed by atoms with Gasteiger partial charge in [0.05, 0.1) is 6.54 Å². The molecule has 1 aromatic heterocycles. The normalized spacial score (nSPS) is 17.0. The van der Waals surface area contributed by atoms with Gasteiger partial charge in [-0.05, 0) is 32.0 Å². The Kier molecular flexibility index (Phi) is 3.44. The van der Waals surface area contributed by atoms with Gasteiger partial charge in [0.2, 0.25) is 0 Å². The Morgan fingerprint density at radius 1 is 1.47 bits per heavy atom. The van der Waals surface area contributed by atoms with Gasteiger partial charge in [0.1, 0.15) is 11.5 Å². The first-order valence-corrected chi connectivity index (χ1v) is 5.79. The topological polar surface area (TPSA) is 28.4 Å². The highest BCUT2D eigenvalue weighted by Crippen LogP contribution is 2.14. The lowest BCUT2D eigenvalue weighted by atomic mass is 10.1. The quantitative estimate of drug-likeness (QED) is 0.799. The number of hydrogen-bond donors (Lipinski definition) is 1. The second-order valence-corrected chi connectivity index (χ2v) is 4.29. The zero-order chi connectivity index (χ0) is 10.7. The highest BCUT2D eigenvalue weighted by atomic mass is 16.3. The lowest BCUT2D eigenvalue weighted by Crippen LogP contribution is -2.56. The zero-order valence-corrected chi connectivity index (χ0v) is 9.62. The predicted octanol–water partition coefficient (Wildman–Crippen LogP) is 1.77. The van der Waals surface area contributed by atoms with Crippen molar-refractivity contribution in [2.45, 2.75) is 32.9 Å². The van der Waals surface area contributed by atoms with E-state index < -0.39 is 0 Å². The second-order valence-electron chi connectivity index (χ2n) is 4.29. The largest absolute Gasteiger partial charge is 0.465 e. The number of hydrogen-bond acceptors (Lipinski definition) is 3. The molecule has 1 aliphatic rings. The van der Waals surface area contributed by atoms with Crippen LogP contribution in [0.2, 0.25) is 0 Å². The van der Waals surface area contributed by atoms with Crippen LogP contribution in [0.1, 0.15) is 24.9 Å². The Hall–Kier alpha value is -0.800. The number of furan rings is 1. The summed E-state index contributed by atoms with van der Waals surface area (Å²) in [6, 6.07) is 4.83. The van der Waals surface area contributed by atoms with E-state index in [1.54, 1.807) is 0 Å². The Labute approximate surface area is 91.4 Å². The van der Waals surface area contributed by atoms with Crippen molar-refractivity contribution in [3.8, 4) is 0 Å². The van der Waals surface area contributed by atoms with Crippen molar-refractivity contribution in [1.82, 2.24) is 10.2 Å². The van der Waals surface area contributed by atoms with Gasteiger partial charge in [0.15, 0.2) is 0 Å². The molecular formula is C12H20N2O. The smallest absolute Gasteiger partial charge is 0.118 e. The van der Waals surface area contributed by atoms with Crippen molar-refractivity contribution < 1.29 is 4.42 Å². The minimum Gasteiger partial charge on any atom is -0.465 e. The molecule has 1 fully saturated rings. The molecule has 3 nitrogen and oxygen atoms in total. The van der Waals surface area contributed by atoms with E-state index in [4.69, 9.17) is 4.42 Å². The van der Waals surface area contributed by atoms with Crippen molar-refractivity contribution in [2.24, 2.45) is 0 Å². The summed E-state index contributed by atoms with van der Waals surface area (Å²) in [7, 11) is 0. The fraction of sp³-hybridized carbons (Fsp3) is 0.667. The van der Waals surface area contributed by atoms with Gasteiger partial charge in [-0.25, -0.2) is 0 Å². The van der Waals surface area contributed by atoms with Gasteiger partial charge < -0.3 is 9.73 Å². The van der Waals surface area contributed by atoms with Crippen LogP contribution in [0.4, 0.5) is 0 Å². The maximum absolute atomic E-state index is 5.62. The van der Waals surface area contributed by atoms with E-state index in [-0.39, 0.29) is 0 Å². The van der Waals surface area contributed by atoms with Gasteiger partial charge in [-0.2, -0.15) is 0 Å². The maximum Gasteiger partial charge on any atom is 0.118 e. The predicted molar refractivity (Wildman–Crippen MR) is 60.8 cm³/mol. The van der Waals surface area contributed by atoms with Crippen LogP contribution in [0, 0.1) is 6.92 Å². The molecule has 1 aromatic rings. The molecule has 1 aliphatic heterocycles. The molecule has 0 unspecified atom stereocenters. The molecule has 0 radical (unpaired) electrons. The highest BCUT2D eigenvalue weighted by molar-refractivity contribution is 5.06. The molecule has 1 N–H and O–H groups in total. The molecule has 0 spiro atoms. The maximum atomic E-state index is 5.62. The van der Waals surface area contributed by atoms with Crippen molar-refractivity contribution in [2.75, 3.05) is 19.6 Å². The fourth-order valence-corrected chi connectivity index (χ4v) is 1.98. The summed E-state index contributed by atoms with van der Waals surface area (Å²) < 4.78 is 5.62. The molecule has 1 saturated heterocycles. The number of rotatable bonds is 5. The lowest BCUT2D eigenvalue weighted by Gasteiger charge is -2.37. The molecule has 2 rings (SSSR count). The number of nitrogens with one attached hydrogen (secondary N) is 1. The highest BCUT2D eigenvalue weighted by Gasteiger charge is 2.24. The van der Waals surface area contributed by atoms with E-state index >= 15 is 0 Å². The summed E-state index contributed by atoms with van der Waals surface area (Å²) in [5, 5.41) is 3.32. The Morgan fingerprint density at radius 3 is 2.73 bits per heavy atom. The van der Waals surface area contributed by atoms with Gasteiger partial charge in [-0.15, -0.1) is 0 Å². The fourth-order valence-electron chi connectivity index (χ4n) is 1.98. The molecule has 0 bridgehead atoms. The van der Waals surface area contributed by atoms with E-state index in [2.05, 4.69) is 23.2 Å². The summed E-state index contributed by atoms with van der Waals surface area (Å²) in [6.07, 6.45) is 1.20. The average Bonchev–Trinajstić information content (AvgIpc) is 2.48. The van der Waals surface area contributed by atoms with E-state index in [0.29, 0.717) is 6.04 Å². The van der Waals surface area contributed by atoms with Crippen molar-refractivity contribution in [3.05, 3.63) is 23.7 Å². The standard InChI is InChI=1S/C12H20N2O/c1-3-6-14(11-7-13-8-11)9-12-5-4-10(2)15-12/h4-5,11,13H,3,6-9H2,1-2H3. The van der Waals surface area contributed by atoms with E-state index in [9.17, 15) is 0 Å². The van der Waals surface area contributed by atoms with Crippen LogP contribution >= 0.6 is 0 Å². The first kappa shape index (κ1) is 10.7. The zero-order valence-electron chi connectivity index (χ0n) is 9.62. The van der Waals surface area contributed by atoms with Crippen LogP contribution < -0.4 is 5.32 Å². The monoisotopic (exact) mass is 208 g/mol. The average molecular weight is 208 g/mol. The van der Waals surface area contributed by atoms with Crippen LogP contribution in [0.25, 0.3) is 0 Å². The first-order valence-electron chi connectivity index (χ1n) is 5.79. The molecular weight excluding hydrogens is 188 g/mol. The van der Waals surface area contributed by atoms with Crippen LogP contribution in [0.15, 0.2) is 16.5 Å². The number of aryl methyl sites for hydroxylation is 1. The van der Waals surface area contributed by atoms with Crippen LogP contribution in [-0.4, -0.2) is 30.6 Å². The molecule has 15 heavy (non-hydrogen) atoms. The lowest BCUT2D eigenvalue weighted by molar-refractivity contribution is 0.128. The third-order valence-electron chi connectivity index (χ3n) is 2.94. The van der Waals surface area contributed by atoms with Crippen molar-refractivity contribution >= 4 is 0 Å². The molecule has 0 aromatic carbocycles. The number of nitrogens with zero attached hydrogens (tertiary/aromatic N) is 1. The Morgan fingerprint density at radius 2 is 2.27 bits per heavy atom. The summed E-state index contributed by atoms with van der Waals surface area (Å²) in [6.45, 7) is 8.59. The first-order chi connectivity index (χ1) is 7.29. The second kappa shape index (κ2) is 4.81. The van der Waals surface area contributed by atoms with Crippen LogP contribution in [0.3, 0.4) is 0 Å². The van der Waals surface area contributed by atoms with E-state index in [1.807, 2.05) is 13.0 Å². The van der Waals surface area contributed by atoms with Crippen molar-refractivity contribution in [1.29, 1.82) is 0 Å². The van der Waals surface area contributed by atoms with Gasteiger partial charge in [0.25, 0.3) is 0 Å². The summed E-state index contributed by atoms with van der Waals surface area (Å²) in [5.41, 5.74) is 0. The molecule has 0 aliphatic carbocycles. The Bertz CT molecular complexity index is 304. The SMILES string of the molecule is CCCN(Cc1ccc(C)o1)C1CNC1. The molecule has 0 amide bonds. The molecule has 2 heterocycles. The van der Waals surface area contributed by atoms with Crippen molar-refractivity contribution in [3.63, 3.8) is 0 Å². The molecule has 0 saturated carbocycles. The minimum absolute atomic E-state index is 0.704. The third-order valence-corrected chi connectivity index (χ3v) is 2.94. The molecule has 0 atom stereocenters. The molecule has 3 heteroatoms. The van der Waals surface area contributed by atoms with Gasteiger partial charge >= 0.3 is 0 Å². The van der Waals surface area contributed by atoms with Crippen LogP contribution in [0.5, 0.6) is 0 Å². The minimum atomic E-state index is 0.704. The summed E-state index contributed by atoms with van der Waals surface area (Å²) in [4.78, 5) is 2.51. The van der Waals surface area contributed by atoms with E-state index in [0.717, 1.165) is 37.7 Å². The van der Waals surface area contributed by atoms with Gasteiger partial charge in [0, 0.05) is 19.1 Å². The summed E-state index contributed by atoms with van der Waals surface area (Å²) >= 11 is 0. The van der Waals surface area contributed by atoms with Gasteiger partial charge in [-0.3, -0.25) is 4.90 Å². The Balaban J connectivity index is 1.93. The summed E-state index contributed by atoms with van der Waals surface area (Å²) in [5.74, 6) is 2.10. The van der Waals surface area contributed by atoms with Crippen LogP contribution in [-0.2, 0) is 6.54 Å². The van der Waals surface area contributed by atoms with E-state index in [1.165, 1.54) is 6.42 Å². The molecule has 84 valence electrons.